The number of ether oxygens (including phenoxy) is 2. The summed E-state index contributed by atoms with van der Waals surface area (Å²) in [7, 11) is 0. The first kappa shape index (κ1) is 42.4. The molecule has 0 heterocycles. The van der Waals surface area contributed by atoms with Gasteiger partial charge in [-0.15, -0.1) is 0 Å². The fourth-order valence-electron chi connectivity index (χ4n) is 5.81. The zero-order chi connectivity index (χ0) is 31.3. The molecule has 0 rings (SSSR count). The molecule has 256 valence electrons. The summed E-state index contributed by atoms with van der Waals surface area (Å²) in [6, 6.07) is 0.389. The molecule has 1 atom stereocenters. The topological polar surface area (TPSA) is 21.7 Å². The summed E-state index contributed by atoms with van der Waals surface area (Å²) in [5, 5.41) is 0. The average Bonchev–Trinajstić information content (AvgIpc) is 3.02. The summed E-state index contributed by atoms with van der Waals surface area (Å²) in [5.74, 6) is 0. The van der Waals surface area contributed by atoms with E-state index in [1.54, 1.807) is 0 Å². The predicted molar refractivity (Wildman–Crippen MR) is 193 cm³/mol. The van der Waals surface area contributed by atoms with Crippen molar-refractivity contribution in [3.05, 3.63) is 24.3 Å². The van der Waals surface area contributed by atoms with Gasteiger partial charge in [0.25, 0.3) is 0 Å². The Morgan fingerprint density at radius 1 is 0.395 bits per heavy atom. The molecule has 0 N–H and O–H groups in total. The lowest BCUT2D eigenvalue weighted by Gasteiger charge is -2.29. The molecule has 0 saturated heterocycles. The lowest BCUT2D eigenvalue weighted by molar-refractivity contribution is 0.00634. The van der Waals surface area contributed by atoms with Crippen LogP contribution in [0.3, 0.4) is 0 Å². The van der Waals surface area contributed by atoms with E-state index in [4.69, 9.17) is 9.47 Å². The average molecular weight is 606 g/mol. The maximum absolute atomic E-state index is 6.14. The minimum absolute atomic E-state index is 0.389. The highest BCUT2D eigenvalue weighted by Gasteiger charge is 2.16. The van der Waals surface area contributed by atoms with Crippen molar-refractivity contribution in [1.29, 1.82) is 0 Å². The fourth-order valence-corrected chi connectivity index (χ4v) is 5.81. The van der Waals surface area contributed by atoms with E-state index in [1.165, 1.54) is 161 Å². The third-order valence-electron chi connectivity index (χ3n) is 8.80. The largest absolute Gasteiger partial charge is 0.380 e. The van der Waals surface area contributed by atoms with Crippen molar-refractivity contribution in [2.24, 2.45) is 0 Å². The van der Waals surface area contributed by atoms with Crippen molar-refractivity contribution in [2.75, 3.05) is 39.5 Å². The lowest BCUT2D eigenvalue weighted by Crippen LogP contribution is -2.42. The van der Waals surface area contributed by atoms with Crippen molar-refractivity contribution in [3.8, 4) is 0 Å². The smallest absolute Gasteiger partial charge is 0.0644 e. The van der Waals surface area contributed by atoms with Crippen LogP contribution in [0.1, 0.15) is 188 Å². The molecule has 0 aromatic rings. The Morgan fingerprint density at radius 3 is 1.07 bits per heavy atom. The van der Waals surface area contributed by atoms with E-state index < -0.39 is 0 Å². The Bertz CT molecular complexity index is 557. The van der Waals surface area contributed by atoms with Gasteiger partial charge in [-0.25, -0.2) is 0 Å². The Morgan fingerprint density at radius 2 is 0.698 bits per heavy atom. The first-order chi connectivity index (χ1) is 21.3. The first-order valence-corrected chi connectivity index (χ1v) is 19.5. The van der Waals surface area contributed by atoms with Gasteiger partial charge in [0.1, 0.15) is 0 Å². The minimum atomic E-state index is 0.389. The Kier molecular flexibility index (Phi) is 37.0. The van der Waals surface area contributed by atoms with Crippen LogP contribution in [-0.2, 0) is 9.47 Å². The summed E-state index contributed by atoms with van der Waals surface area (Å²) in [4.78, 5) is 2.50. The van der Waals surface area contributed by atoms with Crippen LogP contribution in [0.15, 0.2) is 24.3 Å². The van der Waals surface area contributed by atoms with E-state index in [2.05, 4.69) is 56.9 Å². The molecule has 0 aromatic heterocycles. The van der Waals surface area contributed by atoms with E-state index >= 15 is 0 Å². The van der Waals surface area contributed by atoms with Crippen LogP contribution in [0, 0.1) is 0 Å². The molecule has 0 amide bonds. The maximum Gasteiger partial charge on any atom is 0.0644 e. The number of nitrogens with zero attached hydrogens (tertiary/aromatic N) is 1. The molecule has 0 aliphatic carbocycles. The number of likely N-dealkylation sites (N-methyl/N-ethyl adjacent to an activating group) is 1. The molecule has 0 saturated carbocycles. The van der Waals surface area contributed by atoms with Gasteiger partial charge in [0, 0.05) is 13.2 Å². The van der Waals surface area contributed by atoms with E-state index in [9.17, 15) is 0 Å². The normalized spacial score (nSPS) is 12.9. The fraction of sp³-hybridized carbons (Fsp3) is 0.900. The van der Waals surface area contributed by atoms with Gasteiger partial charge in [-0.05, 0) is 77.3 Å². The summed E-state index contributed by atoms with van der Waals surface area (Å²) in [6.45, 7) is 14.6. The van der Waals surface area contributed by atoms with Gasteiger partial charge in [-0.3, -0.25) is 4.90 Å². The molecular formula is C40H79NO2. The predicted octanol–water partition coefficient (Wildman–Crippen LogP) is 12.6. The molecule has 0 spiro atoms. The molecule has 0 bridgehead atoms. The SMILES string of the molecule is CCCCC/C=C\CCCCCCCCOCC(COCCCCCCCCC/C=C\CCCCCCC)N(CC)CC. The highest BCUT2D eigenvalue weighted by Crippen LogP contribution is 2.12. The van der Waals surface area contributed by atoms with Gasteiger partial charge < -0.3 is 9.47 Å². The minimum Gasteiger partial charge on any atom is -0.380 e. The number of hydrogen-bond acceptors (Lipinski definition) is 3. The molecule has 0 aliphatic rings. The van der Waals surface area contributed by atoms with Crippen molar-refractivity contribution < 1.29 is 9.47 Å². The van der Waals surface area contributed by atoms with Gasteiger partial charge >= 0.3 is 0 Å². The van der Waals surface area contributed by atoms with Gasteiger partial charge in [0.05, 0.1) is 19.3 Å². The standard InChI is InChI=1S/C40H79NO2/c1-5-9-11-13-15-17-19-21-22-23-25-27-29-31-33-35-37-43-39-40(41(7-3)8-4)38-42-36-34-32-30-28-26-24-20-18-16-14-12-10-6-2/h16,18-19,21,40H,5-15,17,20,22-39H2,1-4H3/b18-16-,21-19-. The lowest BCUT2D eigenvalue weighted by atomic mass is 10.1. The van der Waals surface area contributed by atoms with E-state index in [0.717, 1.165) is 39.5 Å². The third-order valence-corrected chi connectivity index (χ3v) is 8.80. The number of unbranched alkanes of at least 4 members (excludes halogenated alkanes) is 21. The molecule has 3 heteroatoms. The monoisotopic (exact) mass is 606 g/mol. The summed E-state index contributed by atoms with van der Waals surface area (Å²) < 4.78 is 12.3. The molecule has 3 nitrogen and oxygen atoms in total. The Hall–Kier alpha value is -0.640. The van der Waals surface area contributed by atoms with Gasteiger partial charge in [-0.2, -0.15) is 0 Å². The maximum atomic E-state index is 6.14. The van der Waals surface area contributed by atoms with Crippen LogP contribution < -0.4 is 0 Å². The molecule has 43 heavy (non-hydrogen) atoms. The van der Waals surface area contributed by atoms with Crippen LogP contribution >= 0.6 is 0 Å². The van der Waals surface area contributed by atoms with Crippen molar-refractivity contribution in [1.82, 2.24) is 4.90 Å². The summed E-state index contributed by atoms with van der Waals surface area (Å²) in [6.07, 6.45) is 43.1. The molecule has 0 fully saturated rings. The van der Waals surface area contributed by atoms with Crippen molar-refractivity contribution in [3.63, 3.8) is 0 Å². The number of rotatable bonds is 36. The third kappa shape index (κ3) is 32.6. The second-order valence-corrected chi connectivity index (χ2v) is 12.8. The highest BCUT2D eigenvalue weighted by molar-refractivity contribution is 4.82. The number of allylic oxidation sites excluding steroid dienone is 4. The van der Waals surface area contributed by atoms with Crippen molar-refractivity contribution in [2.45, 2.75) is 194 Å². The van der Waals surface area contributed by atoms with Crippen LogP contribution in [0.4, 0.5) is 0 Å². The van der Waals surface area contributed by atoms with Crippen LogP contribution in [0.5, 0.6) is 0 Å². The van der Waals surface area contributed by atoms with E-state index in [0.29, 0.717) is 6.04 Å². The zero-order valence-electron chi connectivity index (χ0n) is 30.1. The van der Waals surface area contributed by atoms with Gasteiger partial charge in [0.2, 0.25) is 0 Å². The van der Waals surface area contributed by atoms with Gasteiger partial charge in [0.15, 0.2) is 0 Å². The Balaban J connectivity index is 3.64. The molecular weight excluding hydrogens is 526 g/mol. The number of hydrogen-bond donors (Lipinski definition) is 0. The van der Waals surface area contributed by atoms with Crippen LogP contribution in [0.25, 0.3) is 0 Å². The molecule has 0 radical (unpaired) electrons. The molecule has 1 unspecified atom stereocenters. The second kappa shape index (κ2) is 37.5. The highest BCUT2D eigenvalue weighted by atomic mass is 16.5. The molecule has 0 aromatic carbocycles. The quantitative estimate of drug-likeness (QED) is 0.0524. The second-order valence-electron chi connectivity index (χ2n) is 12.8. The van der Waals surface area contributed by atoms with Crippen LogP contribution in [0.2, 0.25) is 0 Å². The Labute approximate surface area is 272 Å². The molecule has 0 aliphatic heterocycles. The summed E-state index contributed by atoms with van der Waals surface area (Å²) >= 11 is 0. The first-order valence-electron chi connectivity index (χ1n) is 19.5. The van der Waals surface area contributed by atoms with Crippen molar-refractivity contribution >= 4 is 0 Å². The summed E-state index contributed by atoms with van der Waals surface area (Å²) in [5.41, 5.74) is 0. The van der Waals surface area contributed by atoms with Crippen LogP contribution in [-0.4, -0.2) is 50.5 Å². The van der Waals surface area contributed by atoms with E-state index in [1.807, 2.05) is 0 Å². The van der Waals surface area contributed by atoms with Gasteiger partial charge in [-0.1, -0.05) is 148 Å². The zero-order valence-corrected chi connectivity index (χ0v) is 30.1. The van der Waals surface area contributed by atoms with E-state index in [-0.39, 0.29) is 0 Å².